The zero-order valence-corrected chi connectivity index (χ0v) is 10.9. The van der Waals surface area contributed by atoms with E-state index in [2.05, 4.69) is 36.2 Å². The second-order valence-electron chi connectivity index (χ2n) is 3.78. The van der Waals surface area contributed by atoms with Gasteiger partial charge < -0.3 is 5.73 Å². The highest BCUT2D eigenvalue weighted by Crippen LogP contribution is 2.19. The lowest BCUT2D eigenvalue weighted by Crippen LogP contribution is -2.10. The number of rotatable bonds is 3. The molecule has 0 aliphatic rings. The summed E-state index contributed by atoms with van der Waals surface area (Å²) in [5.74, 6) is 0.454. The molecule has 18 heavy (non-hydrogen) atoms. The smallest absolute Gasteiger partial charge is 0.202 e. The Morgan fingerprint density at radius 1 is 1.33 bits per heavy atom. The van der Waals surface area contributed by atoms with E-state index in [0.717, 1.165) is 15.6 Å². The van der Waals surface area contributed by atoms with Gasteiger partial charge in [0.15, 0.2) is 5.65 Å². The highest BCUT2D eigenvalue weighted by molar-refractivity contribution is 9.10. The summed E-state index contributed by atoms with van der Waals surface area (Å²) < 4.78 is 4.49. The number of fused-ring (bicyclic) bond motifs is 1. The molecule has 0 spiro atoms. The van der Waals surface area contributed by atoms with Crippen LogP contribution in [0.3, 0.4) is 0 Å². The number of nitrogens with two attached hydrogens (primary N) is 1. The normalized spacial score (nSPS) is 11.2. The molecule has 0 aromatic carbocycles. The van der Waals surface area contributed by atoms with Gasteiger partial charge in [-0.2, -0.15) is 0 Å². The molecule has 0 amide bonds. The third kappa shape index (κ3) is 1.94. The van der Waals surface area contributed by atoms with E-state index in [1.165, 1.54) is 0 Å². The summed E-state index contributed by atoms with van der Waals surface area (Å²) in [4.78, 5) is 8.61. The lowest BCUT2D eigenvalue weighted by molar-refractivity contribution is 0.527. The van der Waals surface area contributed by atoms with Gasteiger partial charge in [-0.15, -0.1) is 5.10 Å². The summed E-state index contributed by atoms with van der Waals surface area (Å²) in [5.41, 5.74) is 7.45. The molecule has 3 aromatic heterocycles. The molecule has 0 unspecified atom stereocenters. The number of pyridine rings is 1. The first-order chi connectivity index (χ1) is 8.74. The molecule has 0 aliphatic heterocycles. The molecule has 7 nitrogen and oxygen atoms in total. The molecule has 3 aromatic rings. The number of imidazole rings is 1. The van der Waals surface area contributed by atoms with Gasteiger partial charge in [0.05, 0.1) is 12.7 Å². The lowest BCUT2D eigenvalue weighted by Gasteiger charge is -2.05. The highest BCUT2D eigenvalue weighted by atomic mass is 79.9. The predicted octanol–water partition coefficient (Wildman–Crippen LogP) is 1.07. The van der Waals surface area contributed by atoms with Gasteiger partial charge in [-0.1, -0.05) is 5.21 Å². The zero-order chi connectivity index (χ0) is 12.5. The van der Waals surface area contributed by atoms with E-state index in [1.807, 2.05) is 10.6 Å². The molecule has 3 heterocycles. The van der Waals surface area contributed by atoms with Gasteiger partial charge in [0.25, 0.3) is 0 Å². The monoisotopic (exact) mass is 307 g/mol. The third-order valence-corrected chi connectivity index (χ3v) is 3.04. The van der Waals surface area contributed by atoms with Crippen LogP contribution in [0.15, 0.2) is 29.1 Å². The van der Waals surface area contributed by atoms with Gasteiger partial charge >= 0.3 is 0 Å². The highest BCUT2D eigenvalue weighted by Gasteiger charge is 2.09. The average molecular weight is 308 g/mol. The van der Waals surface area contributed by atoms with Crippen molar-refractivity contribution in [1.82, 2.24) is 29.5 Å². The Labute approximate surface area is 111 Å². The summed E-state index contributed by atoms with van der Waals surface area (Å²) >= 11 is 3.36. The SMILES string of the molecule is Nc1nc2cc(Br)cnc2n1CCn1ccnn1. The Hall–Kier alpha value is -1.96. The van der Waals surface area contributed by atoms with Crippen LogP contribution in [-0.2, 0) is 13.1 Å². The van der Waals surface area contributed by atoms with E-state index < -0.39 is 0 Å². The summed E-state index contributed by atoms with van der Waals surface area (Å²) in [6.45, 7) is 1.33. The number of nitrogen functional groups attached to an aromatic ring is 1. The number of hydrogen-bond acceptors (Lipinski definition) is 5. The summed E-state index contributed by atoms with van der Waals surface area (Å²) in [5, 5.41) is 7.66. The molecule has 3 rings (SSSR count). The van der Waals surface area contributed by atoms with Crippen molar-refractivity contribution in [2.24, 2.45) is 0 Å². The van der Waals surface area contributed by atoms with E-state index in [4.69, 9.17) is 5.73 Å². The molecule has 0 fully saturated rings. The van der Waals surface area contributed by atoms with Crippen molar-refractivity contribution in [3.05, 3.63) is 29.1 Å². The van der Waals surface area contributed by atoms with E-state index in [-0.39, 0.29) is 0 Å². The molecule has 0 aliphatic carbocycles. The van der Waals surface area contributed by atoms with E-state index in [0.29, 0.717) is 19.0 Å². The number of halogens is 1. The van der Waals surface area contributed by atoms with Gasteiger partial charge in [-0.3, -0.25) is 9.25 Å². The minimum atomic E-state index is 0.454. The zero-order valence-electron chi connectivity index (χ0n) is 9.36. The van der Waals surface area contributed by atoms with Crippen molar-refractivity contribution in [2.75, 3.05) is 5.73 Å². The predicted molar refractivity (Wildman–Crippen MR) is 69.7 cm³/mol. The number of aryl methyl sites for hydroxylation is 2. The van der Waals surface area contributed by atoms with Crippen LogP contribution in [0.4, 0.5) is 5.95 Å². The third-order valence-electron chi connectivity index (χ3n) is 2.61. The standard InChI is InChI=1S/C10H10BrN7/c11-7-5-8-9(13-6-7)18(10(12)15-8)4-3-17-2-1-14-16-17/h1-2,5-6H,3-4H2,(H2,12,15). The maximum atomic E-state index is 5.89. The van der Waals surface area contributed by atoms with E-state index in [1.54, 1.807) is 23.3 Å². The van der Waals surface area contributed by atoms with Crippen LogP contribution < -0.4 is 5.73 Å². The molecule has 2 N–H and O–H groups in total. The van der Waals surface area contributed by atoms with Crippen LogP contribution in [0.25, 0.3) is 11.2 Å². The van der Waals surface area contributed by atoms with Gasteiger partial charge in [0.1, 0.15) is 5.52 Å². The van der Waals surface area contributed by atoms with Crippen LogP contribution >= 0.6 is 15.9 Å². The van der Waals surface area contributed by atoms with Crippen molar-refractivity contribution < 1.29 is 0 Å². The second-order valence-corrected chi connectivity index (χ2v) is 4.70. The maximum Gasteiger partial charge on any atom is 0.202 e. The van der Waals surface area contributed by atoms with Gasteiger partial charge in [0.2, 0.25) is 5.95 Å². The average Bonchev–Trinajstić information content (AvgIpc) is 2.93. The lowest BCUT2D eigenvalue weighted by atomic mass is 10.4. The van der Waals surface area contributed by atoms with Crippen LogP contribution in [-0.4, -0.2) is 29.5 Å². The number of hydrogen-bond donors (Lipinski definition) is 1. The molecule has 0 atom stereocenters. The molecule has 0 saturated heterocycles. The molecular formula is C10H10BrN7. The van der Waals surface area contributed by atoms with Crippen molar-refractivity contribution in [3.63, 3.8) is 0 Å². The van der Waals surface area contributed by atoms with Crippen molar-refractivity contribution in [1.29, 1.82) is 0 Å². The molecule has 8 heteroatoms. The molecule has 0 bridgehead atoms. The first-order valence-electron chi connectivity index (χ1n) is 5.35. The van der Waals surface area contributed by atoms with E-state index >= 15 is 0 Å². The van der Waals surface area contributed by atoms with Crippen molar-refractivity contribution >= 4 is 33.0 Å². The Bertz CT molecular complexity index is 673. The van der Waals surface area contributed by atoms with Crippen molar-refractivity contribution in [2.45, 2.75) is 13.1 Å². The Morgan fingerprint density at radius 3 is 3.00 bits per heavy atom. The number of aromatic nitrogens is 6. The van der Waals surface area contributed by atoms with Gasteiger partial charge in [-0.05, 0) is 22.0 Å². The molecule has 92 valence electrons. The second kappa shape index (κ2) is 4.37. The molecule has 0 saturated carbocycles. The molecule has 0 radical (unpaired) electrons. The largest absolute Gasteiger partial charge is 0.369 e. The van der Waals surface area contributed by atoms with Crippen molar-refractivity contribution in [3.8, 4) is 0 Å². The van der Waals surface area contributed by atoms with E-state index in [9.17, 15) is 0 Å². The van der Waals surface area contributed by atoms with Crippen LogP contribution in [0.5, 0.6) is 0 Å². The molecular weight excluding hydrogens is 298 g/mol. The summed E-state index contributed by atoms with van der Waals surface area (Å²) in [6, 6.07) is 1.89. The summed E-state index contributed by atoms with van der Waals surface area (Å²) in [6.07, 6.45) is 5.18. The minimum Gasteiger partial charge on any atom is -0.369 e. The first kappa shape index (κ1) is 11.1. The number of anilines is 1. The Balaban J connectivity index is 1.93. The van der Waals surface area contributed by atoms with Gasteiger partial charge in [-0.25, -0.2) is 9.97 Å². The Kier molecular flexibility index (Phi) is 2.71. The van der Waals surface area contributed by atoms with Crippen LogP contribution in [0.1, 0.15) is 0 Å². The fraction of sp³-hybridized carbons (Fsp3) is 0.200. The van der Waals surface area contributed by atoms with Crippen LogP contribution in [0, 0.1) is 0 Å². The number of nitrogens with zero attached hydrogens (tertiary/aromatic N) is 6. The van der Waals surface area contributed by atoms with Crippen LogP contribution in [0.2, 0.25) is 0 Å². The fourth-order valence-corrected chi connectivity index (χ4v) is 2.10. The maximum absolute atomic E-state index is 5.89. The minimum absolute atomic E-state index is 0.454. The quantitative estimate of drug-likeness (QED) is 0.782. The topological polar surface area (TPSA) is 87.4 Å². The summed E-state index contributed by atoms with van der Waals surface area (Å²) in [7, 11) is 0. The fourth-order valence-electron chi connectivity index (χ4n) is 1.78. The first-order valence-corrected chi connectivity index (χ1v) is 6.15. The Morgan fingerprint density at radius 2 is 2.22 bits per heavy atom. The van der Waals surface area contributed by atoms with Gasteiger partial charge in [0, 0.05) is 23.4 Å².